The van der Waals surface area contributed by atoms with Gasteiger partial charge in [-0.3, -0.25) is 4.79 Å². The highest BCUT2D eigenvalue weighted by atomic mass is 35.5. The van der Waals surface area contributed by atoms with Crippen LogP contribution in [-0.2, 0) is 14.6 Å². The molecule has 0 aliphatic carbocycles. The molecule has 142 valence electrons. The summed E-state index contributed by atoms with van der Waals surface area (Å²) < 4.78 is 37.8. The fourth-order valence-corrected chi connectivity index (χ4v) is 5.79. The molecule has 2 aliphatic heterocycles. The Kier molecular flexibility index (Phi) is 4.12. The Balaban J connectivity index is 1.86. The fourth-order valence-electron chi connectivity index (χ4n) is 3.84. The van der Waals surface area contributed by atoms with E-state index in [4.69, 9.17) is 21.1 Å². The van der Waals surface area contributed by atoms with Gasteiger partial charge in [0, 0.05) is 22.9 Å². The van der Waals surface area contributed by atoms with Gasteiger partial charge in [-0.1, -0.05) is 11.6 Å². The van der Waals surface area contributed by atoms with Crippen molar-refractivity contribution >= 4 is 27.3 Å². The van der Waals surface area contributed by atoms with Crippen LogP contribution in [0, 0.1) is 0 Å². The Bertz CT molecular complexity index is 1020. The highest BCUT2D eigenvalue weighted by Crippen LogP contribution is 2.48. The molecule has 0 radical (unpaired) electrons. The third-order valence-electron chi connectivity index (χ3n) is 5.05. The molecule has 6 nitrogen and oxygen atoms in total. The van der Waals surface area contributed by atoms with E-state index in [1.165, 1.54) is 31.4 Å². The van der Waals surface area contributed by atoms with Crippen molar-refractivity contribution in [1.29, 1.82) is 0 Å². The Morgan fingerprint density at radius 2 is 1.93 bits per heavy atom. The van der Waals surface area contributed by atoms with Gasteiger partial charge in [0.2, 0.25) is 5.91 Å². The van der Waals surface area contributed by atoms with Crippen molar-refractivity contribution in [3.63, 3.8) is 0 Å². The van der Waals surface area contributed by atoms with Gasteiger partial charge in [0.15, 0.2) is 20.8 Å². The molecule has 0 unspecified atom stereocenters. The maximum Gasteiger partial charge on any atom is 0.242 e. The van der Waals surface area contributed by atoms with Crippen molar-refractivity contribution in [3.8, 4) is 11.5 Å². The number of halogens is 1. The Morgan fingerprint density at radius 1 is 1.22 bits per heavy atom. The summed E-state index contributed by atoms with van der Waals surface area (Å²) in [6.07, 6.45) is 0.344. The van der Waals surface area contributed by atoms with Gasteiger partial charge < -0.3 is 14.8 Å². The molecular weight excluding hydrogens is 390 g/mol. The van der Waals surface area contributed by atoms with E-state index in [2.05, 4.69) is 5.32 Å². The number of carbonyl (C=O) groups excluding carboxylic acids is 1. The molecule has 1 saturated heterocycles. The van der Waals surface area contributed by atoms with E-state index < -0.39 is 32.6 Å². The average molecular weight is 408 g/mol. The first-order valence-corrected chi connectivity index (χ1v) is 10.3. The fraction of sp³-hybridized carbons (Fsp3) is 0.316. The van der Waals surface area contributed by atoms with Crippen LogP contribution in [0.3, 0.4) is 0 Å². The molecule has 8 heteroatoms. The minimum Gasteiger partial charge on any atom is -0.497 e. The molecule has 1 amide bonds. The molecule has 1 N–H and O–H groups in total. The van der Waals surface area contributed by atoms with E-state index in [-0.39, 0.29) is 4.90 Å². The molecule has 2 heterocycles. The number of piperidine rings is 1. The maximum absolute atomic E-state index is 13.3. The summed E-state index contributed by atoms with van der Waals surface area (Å²) in [7, 11) is -2.40. The van der Waals surface area contributed by atoms with Gasteiger partial charge in [-0.05, 0) is 49.4 Å². The highest BCUT2D eigenvalue weighted by molar-refractivity contribution is 7.92. The number of ether oxygens (including phenoxy) is 2. The lowest BCUT2D eigenvalue weighted by Gasteiger charge is -2.46. The first-order chi connectivity index (χ1) is 12.7. The predicted molar refractivity (Wildman–Crippen MR) is 100.0 cm³/mol. The van der Waals surface area contributed by atoms with E-state index in [1.54, 1.807) is 25.1 Å². The Labute approximate surface area is 162 Å². The van der Waals surface area contributed by atoms with Crippen LogP contribution in [0.2, 0.25) is 5.02 Å². The van der Waals surface area contributed by atoms with Gasteiger partial charge in [0.25, 0.3) is 0 Å². The molecule has 2 aromatic carbocycles. The number of methoxy groups -OCH3 is 1. The minimum atomic E-state index is -3.93. The molecule has 27 heavy (non-hydrogen) atoms. The first kappa shape index (κ1) is 18.1. The number of hydrogen-bond acceptors (Lipinski definition) is 5. The topological polar surface area (TPSA) is 81.7 Å². The summed E-state index contributed by atoms with van der Waals surface area (Å²) in [6.45, 7) is 1.75. The second kappa shape index (κ2) is 6.14. The van der Waals surface area contributed by atoms with Crippen molar-refractivity contribution in [2.75, 3.05) is 7.11 Å². The Hall–Kier alpha value is -2.25. The number of benzene rings is 2. The highest BCUT2D eigenvalue weighted by Gasteiger charge is 2.54. The van der Waals surface area contributed by atoms with Gasteiger partial charge in [-0.2, -0.15) is 0 Å². The Morgan fingerprint density at radius 3 is 2.59 bits per heavy atom. The van der Waals surface area contributed by atoms with Crippen molar-refractivity contribution in [1.82, 2.24) is 5.32 Å². The van der Waals surface area contributed by atoms with Crippen LogP contribution >= 0.6 is 11.6 Å². The maximum atomic E-state index is 13.3. The monoisotopic (exact) mass is 407 g/mol. The molecule has 2 bridgehead atoms. The molecule has 2 aromatic rings. The van der Waals surface area contributed by atoms with E-state index in [9.17, 15) is 13.2 Å². The molecule has 4 rings (SSSR count). The summed E-state index contributed by atoms with van der Waals surface area (Å²) in [5.41, 5.74) is -0.292. The van der Waals surface area contributed by atoms with Crippen molar-refractivity contribution < 1.29 is 22.7 Å². The zero-order valence-corrected chi connectivity index (χ0v) is 16.3. The number of sulfone groups is 1. The SMILES string of the molecule is COc1ccc2c(c1)[C@H]1C[C@](C)(NC(=O)[C@H]1S(=O)(=O)c1ccc(Cl)cc1)O2. The van der Waals surface area contributed by atoms with Crippen LogP contribution in [0.5, 0.6) is 11.5 Å². The zero-order valence-electron chi connectivity index (χ0n) is 14.7. The zero-order chi connectivity index (χ0) is 19.4. The largest absolute Gasteiger partial charge is 0.497 e. The third kappa shape index (κ3) is 2.95. The van der Waals surface area contributed by atoms with Crippen LogP contribution in [0.1, 0.15) is 24.8 Å². The minimum absolute atomic E-state index is 0.0617. The second-order valence-corrected chi connectivity index (χ2v) is 9.46. The van der Waals surface area contributed by atoms with Crippen LogP contribution < -0.4 is 14.8 Å². The van der Waals surface area contributed by atoms with Crippen LogP contribution in [0.4, 0.5) is 0 Å². The number of nitrogens with one attached hydrogen (secondary N) is 1. The molecule has 0 aromatic heterocycles. The van der Waals surface area contributed by atoms with Crippen molar-refractivity contribution in [2.45, 2.75) is 35.1 Å². The summed E-state index contributed by atoms with van der Waals surface area (Å²) in [5.74, 6) is 0.000815. The van der Waals surface area contributed by atoms with Crippen LogP contribution in [0.25, 0.3) is 0 Å². The molecule has 0 spiro atoms. The van der Waals surface area contributed by atoms with E-state index in [0.717, 1.165) is 0 Å². The summed E-state index contributed by atoms with van der Waals surface area (Å²) in [4.78, 5) is 12.9. The number of fused-ring (bicyclic) bond motifs is 4. The smallest absolute Gasteiger partial charge is 0.242 e. The van der Waals surface area contributed by atoms with Gasteiger partial charge in [0.05, 0.1) is 12.0 Å². The third-order valence-corrected chi connectivity index (χ3v) is 7.44. The number of carbonyl (C=O) groups is 1. The number of hydrogen-bond donors (Lipinski definition) is 1. The van der Waals surface area contributed by atoms with E-state index in [1.807, 2.05) is 0 Å². The molecular formula is C19H18ClNO5S. The molecule has 3 atom stereocenters. The summed E-state index contributed by atoms with van der Waals surface area (Å²) in [6, 6.07) is 11.1. The molecule has 0 saturated carbocycles. The van der Waals surface area contributed by atoms with Crippen LogP contribution in [0.15, 0.2) is 47.4 Å². The van der Waals surface area contributed by atoms with E-state index in [0.29, 0.717) is 28.5 Å². The standard InChI is InChI=1S/C19H18ClNO5S/c1-19-10-15(14-9-12(25-2)5-8-16(14)26-19)17(18(22)21-19)27(23,24)13-6-3-11(20)4-7-13/h3-9,15,17H,10H2,1-2H3,(H,21,22)/t15-,17+,19-/m1/s1. The molecule has 2 aliphatic rings. The normalized spacial score (nSPS) is 26.6. The van der Waals surface area contributed by atoms with E-state index >= 15 is 0 Å². The predicted octanol–water partition coefficient (Wildman–Crippen LogP) is 2.90. The lowest BCUT2D eigenvalue weighted by molar-refractivity contribution is -0.132. The second-order valence-electron chi connectivity index (χ2n) is 6.96. The number of amides is 1. The van der Waals surface area contributed by atoms with Crippen molar-refractivity contribution in [2.24, 2.45) is 0 Å². The average Bonchev–Trinajstić information content (AvgIpc) is 2.60. The first-order valence-electron chi connectivity index (χ1n) is 8.42. The summed E-state index contributed by atoms with van der Waals surface area (Å²) >= 11 is 5.87. The van der Waals surface area contributed by atoms with Crippen LogP contribution in [-0.4, -0.2) is 32.4 Å². The quantitative estimate of drug-likeness (QED) is 0.846. The van der Waals surface area contributed by atoms with Gasteiger partial charge >= 0.3 is 0 Å². The van der Waals surface area contributed by atoms with Crippen molar-refractivity contribution in [3.05, 3.63) is 53.1 Å². The number of rotatable bonds is 3. The summed E-state index contributed by atoms with van der Waals surface area (Å²) in [5, 5.41) is 1.90. The van der Waals surface area contributed by atoms with Gasteiger partial charge in [-0.25, -0.2) is 8.42 Å². The lowest BCUT2D eigenvalue weighted by atomic mass is 9.81. The molecule has 1 fully saturated rings. The van der Waals surface area contributed by atoms with Gasteiger partial charge in [-0.15, -0.1) is 0 Å². The van der Waals surface area contributed by atoms with Gasteiger partial charge in [0.1, 0.15) is 11.5 Å². The lowest BCUT2D eigenvalue weighted by Crippen LogP contribution is -2.63.